The van der Waals surface area contributed by atoms with Crippen LogP contribution in [0, 0.1) is 5.92 Å². The second-order valence-electron chi connectivity index (χ2n) is 6.03. The molecule has 0 saturated heterocycles. The van der Waals surface area contributed by atoms with E-state index in [9.17, 15) is 9.59 Å². The number of nitrogens with one attached hydrogen (secondary N) is 1. The molecule has 3 N–H and O–H groups in total. The molecule has 1 atom stereocenters. The molecular formula is C17H23ClN2O3. The average molecular weight is 339 g/mol. The summed E-state index contributed by atoms with van der Waals surface area (Å²) in [6, 6.07) is 4.53. The van der Waals surface area contributed by atoms with Gasteiger partial charge in [-0.3, -0.25) is 4.79 Å². The fourth-order valence-corrected chi connectivity index (χ4v) is 2.96. The van der Waals surface area contributed by atoms with E-state index in [2.05, 4.69) is 5.32 Å². The van der Waals surface area contributed by atoms with Crippen LogP contribution in [0.3, 0.4) is 0 Å². The number of halogens is 1. The highest BCUT2D eigenvalue weighted by Crippen LogP contribution is 2.23. The second kappa shape index (κ2) is 8.20. The first kappa shape index (κ1) is 17.6. The van der Waals surface area contributed by atoms with Crippen LogP contribution in [0.15, 0.2) is 18.2 Å². The van der Waals surface area contributed by atoms with E-state index < -0.39 is 12.1 Å². The molecule has 1 aliphatic carbocycles. The van der Waals surface area contributed by atoms with E-state index in [-0.39, 0.29) is 17.2 Å². The number of carbonyl (C=O) groups excluding carboxylic acids is 2. The summed E-state index contributed by atoms with van der Waals surface area (Å²) < 4.78 is 5.18. The van der Waals surface area contributed by atoms with Gasteiger partial charge in [-0.25, -0.2) is 4.79 Å². The zero-order chi connectivity index (χ0) is 16.8. The van der Waals surface area contributed by atoms with Gasteiger partial charge in [-0.05, 0) is 43.9 Å². The number of esters is 1. The molecule has 0 aliphatic heterocycles. The summed E-state index contributed by atoms with van der Waals surface area (Å²) in [5, 5.41) is 3.31. The molecule has 0 aromatic heterocycles. The molecule has 6 heteroatoms. The number of benzene rings is 1. The summed E-state index contributed by atoms with van der Waals surface area (Å²) in [6.07, 6.45) is 5.16. The van der Waals surface area contributed by atoms with Crippen molar-refractivity contribution < 1.29 is 14.3 Å². The zero-order valence-electron chi connectivity index (χ0n) is 13.3. The van der Waals surface area contributed by atoms with Gasteiger partial charge >= 0.3 is 5.97 Å². The molecule has 1 aromatic carbocycles. The number of ether oxygens (including phenoxy) is 1. The third-order valence-electron chi connectivity index (χ3n) is 4.18. The van der Waals surface area contributed by atoms with Crippen molar-refractivity contribution in [2.45, 2.75) is 45.1 Å². The minimum atomic E-state index is -0.860. The van der Waals surface area contributed by atoms with E-state index in [4.69, 9.17) is 22.1 Å². The van der Waals surface area contributed by atoms with Crippen molar-refractivity contribution in [1.82, 2.24) is 5.32 Å². The Kier molecular flexibility index (Phi) is 6.28. The fraction of sp³-hybridized carbons (Fsp3) is 0.529. The van der Waals surface area contributed by atoms with Gasteiger partial charge in [0.25, 0.3) is 5.91 Å². The van der Waals surface area contributed by atoms with E-state index in [1.807, 2.05) is 0 Å². The molecule has 1 saturated carbocycles. The van der Waals surface area contributed by atoms with Crippen LogP contribution < -0.4 is 11.1 Å². The van der Waals surface area contributed by atoms with Gasteiger partial charge in [0, 0.05) is 17.3 Å². The highest BCUT2D eigenvalue weighted by molar-refractivity contribution is 6.31. The first-order valence-electron chi connectivity index (χ1n) is 8.01. The number of nitrogen functional groups attached to an aromatic ring is 1. The lowest BCUT2D eigenvalue weighted by Gasteiger charge is -2.22. The van der Waals surface area contributed by atoms with Crippen LogP contribution in [0.1, 0.15) is 49.4 Å². The Labute approximate surface area is 141 Å². The van der Waals surface area contributed by atoms with E-state index in [1.165, 1.54) is 31.4 Å². The predicted molar refractivity (Wildman–Crippen MR) is 90.3 cm³/mol. The molecule has 1 aliphatic rings. The van der Waals surface area contributed by atoms with Crippen LogP contribution in [0.2, 0.25) is 5.02 Å². The summed E-state index contributed by atoms with van der Waals surface area (Å²) in [6.45, 7) is 2.20. The first-order chi connectivity index (χ1) is 11.0. The predicted octanol–water partition coefficient (Wildman–Crippen LogP) is 3.16. The molecule has 0 spiro atoms. The second-order valence-corrected chi connectivity index (χ2v) is 6.46. The summed E-state index contributed by atoms with van der Waals surface area (Å²) in [7, 11) is 0. The Morgan fingerprint density at radius 1 is 1.35 bits per heavy atom. The number of nitrogens with two attached hydrogens (primary N) is 1. The Hall–Kier alpha value is -1.75. The van der Waals surface area contributed by atoms with Crippen LogP contribution in [0.4, 0.5) is 5.69 Å². The molecule has 5 nitrogen and oxygen atoms in total. The summed E-state index contributed by atoms with van der Waals surface area (Å²) in [5.41, 5.74) is 6.19. The maximum absolute atomic E-state index is 12.1. The van der Waals surface area contributed by atoms with E-state index >= 15 is 0 Å². The first-order valence-corrected chi connectivity index (χ1v) is 8.39. The topological polar surface area (TPSA) is 81.4 Å². The van der Waals surface area contributed by atoms with Gasteiger partial charge in [0.15, 0.2) is 6.10 Å². The van der Waals surface area contributed by atoms with Crippen molar-refractivity contribution in [3.63, 3.8) is 0 Å². The molecule has 0 unspecified atom stereocenters. The van der Waals surface area contributed by atoms with E-state index in [0.717, 1.165) is 12.8 Å². The molecule has 1 fully saturated rings. The lowest BCUT2D eigenvalue weighted by Crippen LogP contribution is -2.38. The number of hydrogen-bond donors (Lipinski definition) is 2. The number of carbonyl (C=O) groups is 2. The van der Waals surface area contributed by atoms with Crippen LogP contribution in [-0.4, -0.2) is 24.5 Å². The molecule has 23 heavy (non-hydrogen) atoms. The van der Waals surface area contributed by atoms with Crippen molar-refractivity contribution in [2.75, 3.05) is 12.3 Å². The molecule has 0 bridgehead atoms. The minimum Gasteiger partial charge on any atom is -0.449 e. The minimum absolute atomic E-state index is 0.210. The van der Waals surface area contributed by atoms with Gasteiger partial charge in [-0.15, -0.1) is 0 Å². The summed E-state index contributed by atoms with van der Waals surface area (Å²) in [5.74, 6) is -0.376. The molecule has 0 heterocycles. The largest absolute Gasteiger partial charge is 0.449 e. The summed E-state index contributed by atoms with van der Waals surface area (Å²) in [4.78, 5) is 24.1. The molecule has 1 amide bonds. The highest BCUT2D eigenvalue weighted by atomic mass is 35.5. The standard InChI is InChI=1S/C17H23ClN2O3/c1-11(16(21)20-10-12-5-3-2-4-6-12)23-17(22)14-8-7-13(18)9-15(14)19/h7-9,11-12H,2-6,10,19H2,1H3,(H,20,21)/t11-/m1/s1. The van der Waals surface area contributed by atoms with Gasteiger partial charge in [0.05, 0.1) is 5.56 Å². The smallest absolute Gasteiger partial charge is 0.341 e. The van der Waals surface area contributed by atoms with Crippen LogP contribution in [0.5, 0.6) is 0 Å². The van der Waals surface area contributed by atoms with Crippen LogP contribution in [0.25, 0.3) is 0 Å². The lowest BCUT2D eigenvalue weighted by atomic mass is 9.89. The van der Waals surface area contributed by atoms with Gasteiger partial charge in [-0.1, -0.05) is 30.9 Å². The van der Waals surface area contributed by atoms with E-state index in [1.54, 1.807) is 13.0 Å². The molecule has 1 aromatic rings. The maximum atomic E-state index is 12.1. The van der Waals surface area contributed by atoms with Crippen molar-refractivity contribution in [3.8, 4) is 0 Å². The SMILES string of the molecule is C[C@@H](OC(=O)c1ccc(Cl)cc1N)C(=O)NCC1CCCCC1. The quantitative estimate of drug-likeness (QED) is 0.638. The van der Waals surface area contributed by atoms with Crippen molar-refractivity contribution in [1.29, 1.82) is 0 Å². The molecule has 2 rings (SSSR count). The average Bonchev–Trinajstić information content (AvgIpc) is 2.53. The zero-order valence-corrected chi connectivity index (χ0v) is 14.1. The third kappa shape index (κ3) is 5.13. The molecular weight excluding hydrogens is 316 g/mol. The Morgan fingerprint density at radius 3 is 2.70 bits per heavy atom. The Bertz CT molecular complexity index is 571. The number of amides is 1. The van der Waals surface area contributed by atoms with Crippen molar-refractivity contribution >= 4 is 29.2 Å². The number of anilines is 1. The highest BCUT2D eigenvalue weighted by Gasteiger charge is 2.21. The Morgan fingerprint density at radius 2 is 2.04 bits per heavy atom. The van der Waals surface area contributed by atoms with E-state index in [0.29, 0.717) is 17.5 Å². The normalized spacial score (nSPS) is 16.6. The third-order valence-corrected chi connectivity index (χ3v) is 4.41. The maximum Gasteiger partial charge on any atom is 0.341 e. The fourth-order valence-electron chi connectivity index (χ4n) is 2.78. The lowest BCUT2D eigenvalue weighted by molar-refractivity contribution is -0.129. The van der Waals surface area contributed by atoms with Gasteiger partial charge in [-0.2, -0.15) is 0 Å². The summed E-state index contributed by atoms with van der Waals surface area (Å²) >= 11 is 5.80. The molecule has 126 valence electrons. The van der Waals surface area contributed by atoms with Crippen LogP contribution in [-0.2, 0) is 9.53 Å². The Balaban J connectivity index is 1.83. The number of rotatable bonds is 5. The van der Waals surface area contributed by atoms with Crippen molar-refractivity contribution in [2.24, 2.45) is 5.92 Å². The van der Waals surface area contributed by atoms with Gasteiger partial charge < -0.3 is 15.8 Å². The van der Waals surface area contributed by atoms with Crippen molar-refractivity contribution in [3.05, 3.63) is 28.8 Å². The van der Waals surface area contributed by atoms with Gasteiger partial charge in [0.1, 0.15) is 0 Å². The monoisotopic (exact) mass is 338 g/mol. The number of hydrogen-bond acceptors (Lipinski definition) is 4. The van der Waals surface area contributed by atoms with Gasteiger partial charge in [0.2, 0.25) is 0 Å². The molecule has 0 radical (unpaired) electrons. The van der Waals surface area contributed by atoms with Crippen LogP contribution >= 0.6 is 11.6 Å².